The Morgan fingerprint density at radius 1 is 1.45 bits per heavy atom. The van der Waals surface area contributed by atoms with Gasteiger partial charge in [-0.05, 0) is 30.2 Å². The molecule has 2 aromatic rings. The van der Waals surface area contributed by atoms with Gasteiger partial charge in [-0.25, -0.2) is 0 Å². The molecule has 6 heteroatoms. The summed E-state index contributed by atoms with van der Waals surface area (Å²) >= 11 is 5.94. The Morgan fingerprint density at radius 3 is 3.14 bits per heavy atom. The molecular formula is C16H17ClN2O3. The Kier molecular flexibility index (Phi) is 4.34. The van der Waals surface area contributed by atoms with E-state index < -0.39 is 6.10 Å². The number of ether oxygens (including phenoxy) is 1. The average molecular weight is 321 g/mol. The lowest BCUT2D eigenvalue weighted by Crippen LogP contribution is -2.36. The summed E-state index contributed by atoms with van der Waals surface area (Å²) in [5, 5.41) is 7.41. The van der Waals surface area contributed by atoms with E-state index in [4.69, 9.17) is 20.9 Å². The molecule has 116 valence electrons. The van der Waals surface area contributed by atoms with Gasteiger partial charge < -0.3 is 14.6 Å². The molecule has 0 saturated carbocycles. The van der Waals surface area contributed by atoms with Gasteiger partial charge in [-0.2, -0.15) is 0 Å². The lowest BCUT2D eigenvalue weighted by atomic mass is 10.1. The lowest BCUT2D eigenvalue weighted by molar-refractivity contribution is -0.127. The van der Waals surface area contributed by atoms with Crippen molar-refractivity contribution < 1.29 is 14.1 Å². The predicted octanol–water partition coefficient (Wildman–Crippen LogP) is 2.90. The number of benzene rings is 1. The Hall–Kier alpha value is -2.01. The quantitative estimate of drug-likeness (QED) is 0.920. The normalized spacial score (nSPS) is 16.2. The topological polar surface area (TPSA) is 64.4 Å². The number of fused-ring (bicyclic) bond motifs is 1. The average Bonchev–Trinajstić information content (AvgIpc) is 3.11. The van der Waals surface area contributed by atoms with E-state index >= 15 is 0 Å². The van der Waals surface area contributed by atoms with Crippen molar-refractivity contribution in [2.75, 3.05) is 0 Å². The fourth-order valence-corrected chi connectivity index (χ4v) is 2.66. The second-order valence-corrected chi connectivity index (χ2v) is 5.75. The highest BCUT2D eigenvalue weighted by atomic mass is 35.5. The number of hydrogen-bond donors (Lipinski definition) is 1. The third-order valence-electron chi connectivity index (χ3n) is 3.54. The molecule has 1 aromatic carbocycles. The van der Waals surface area contributed by atoms with E-state index in [1.54, 1.807) is 12.1 Å². The van der Waals surface area contributed by atoms with E-state index in [1.165, 1.54) is 0 Å². The van der Waals surface area contributed by atoms with Crippen molar-refractivity contribution in [3.63, 3.8) is 0 Å². The zero-order valence-corrected chi connectivity index (χ0v) is 13.0. The van der Waals surface area contributed by atoms with Crippen molar-refractivity contribution in [3.05, 3.63) is 46.3 Å². The van der Waals surface area contributed by atoms with Crippen LogP contribution in [0.25, 0.3) is 0 Å². The number of halogens is 1. The van der Waals surface area contributed by atoms with Crippen LogP contribution in [-0.4, -0.2) is 17.2 Å². The Bertz CT molecular complexity index is 684. The molecule has 1 N–H and O–H groups in total. The fourth-order valence-electron chi connectivity index (χ4n) is 2.46. The van der Waals surface area contributed by atoms with E-state index in [-0.39, 0.29) is 5.91 Å². The van der Waals surface area contributed by atoms with Crippen molar-refractivity contribution in [1.29, 1.82) is 0 Å². The summed E-state index contributed by atoms with van der Waals surface area (Å²) in [5.74, 6) is 1.20. The molecule has 0 aliphatic carbocycles. The molecule has 0 radical (unpaired) electrons. The largest absolute Gasteiger partial charge is 0.480 e. The second kappa shape index (κ2) is 6.40. The minimum Gasteiger partial charge on any atom is -0.480 e. The number of carbonyl (C=O) groups excluding carboxylic acids is 1. The monoisotopic (exact) mass is 320 g/mol. The van der Waals surface area contributed by atoms with Gasteiger partial charge in [0, 0.05) is 17.5 Å². The Balaban J connectivity index is 1.55. The number of aromatic nitrogens is 1. The molecule has 1 aromatic heterocycles. The van der Waals surface area contributed by atoms with Gasteiger partial charge in [0.05, 0.1) is 12.2 Å². The minimum atomic E-state index is -0.522. The van der Waals surface area contributed by atoms with Crippen LogP contribution in [0.4, 0.5) is 0 Å². The van der Waals surface area contributed by atoms with E-state index in [2.05, 4.69) is 17.4 Å². The molecule has 0 saturated heterocycles. The summed E-state index contributed by atoms with van der Waals surface area (Å²) in [6.07, 6.45) is 1.89. The molecule has 1 atom stereocenters. The van der Waals surface area contributed by atoms with Crippen LogP contribution in [0.3, 0.4) is 0 Å². The van der Waals surface area contributed by atoms with Gasteiger partial charge in [0.15, 0.2) is 11.9 Å². The first-order valence-electron chi connectivity index (χ1n) is 7.33. The highest BCUT2D eigenvalue weighted by Gasteiger charge is 2.29. The van der Waals surface area contributed by atoms with Crippen LogP contribution in [0.15, 0.2) is 28.8 Å². The van der Waals surface area contributed by atoms with Gasteiger partial charge in [0.2, 0.25) is 0 Å². The molecule has 5 nitrogen and oxygen atoms in total. The van der Waals surface area contributed by atoms with E-state index in [0.29, 0.717) is 23.7 Å². The summed E-state index contributed by atoms with van der Waals surface area (Å²) in [6.45, 7) is 2.39. The maximum absolute atomic E-state index is 12.2. The Labute approximate surface area is 133 Å². The number of carbonyl (C=O) groups is 1. The Morgan fingerprint density at radius 2 is 2.32 bits per heavy atom. The van der Waals surface area contributed by atoms with Crippen LogP contribution in [0, 0.1) is 0 Å². The maximum atomic E-state index is 12.2. The first-order valence-corrected chi connectivity index (χ1v) is 7.70. The number of amides is 1. The predicted molar refractivity (Wildman–Crippen MR) is 81.9 cm³/mol. The fraction of sp³-hybridized carbons (Fsp3) is 0.375. The van der Waals surface area contributed by atoms with E-state index in [0.717, 1.165) is 29.8 Å². The third kappa shape index (κ3) is 3.25. The molecule has 1 amide bonds. The van der Waals surface area contributed by atoms with E-state index in [1.807, 2.05) is 12.1 Å². The molecule has 0 fully saturated rings. The van der Waals surface area contributed by atoms with Gasteiger partial charge in [-0.3, -0.25) is 4.79 Å². The third-order valence-corrected chi connectivity index (χ3v) is 3.78. The summed E-state index contributed by atoms with van der Waals surface area (Å²) in [6, 6.07) is 7.24. The SMILES string of the molecule is CCCc1cc(CNC(=O)[C@@H]2Cc3cc(Cl)ccc3O2)on1. The number of aryl methyl sites for hydroxylation is 1. The smallest absolute Gasteiger partial charge is 0.261 e. The van der Waals surface area contributed by atoms with Crippen LogP contribution < -0.4 is 10.1 Å². The van der Waals surface area contributed by atoms with Gasteiger partial charge in [0.1, 0.15) is 5.75 Å². The highest BCUT2D eigenvalue weighted by molar-refractivity contribution is 6.30. The van der Waals surface area contributed by atoms with Crippen LogP contribution in [0.2, 0.25) is 5.02 Å². The van der Waals surface area contributed by atoms with E-state index in [9.17, 15) is 4.79 Å². The maximum Gasteiger partial charge on any atom is 0.261 e. The lowest BCUT2D eigenvalue weighted by Gasteiger charge is -2.10. The summed E-state index contributed by atoms with van der Waals surface area (Å²) in [7, 11) is 0. The second-order valence-electron chi connectivity index (χ2n) is 5.32. The molecule has 0 spiro atoms. The number of nitrogens with zero attached hydrogens (tertiary/aromatic N) is 1. The zero-order chi connectivity index (χ0) is 15.5. The van der Waals surface area contributed by atoms with Crippen LogP contribution >= 0.6 is 11.6 Å². The van der Waals surface area contributed by atoms with Crippen molar-refractivity contribution in [2.24, 2.45) is 0 Å². The first kappa shape index (κ1) is 14.9. The summed E-state index contributed by atoms with van der Waals surface area (Å²) in [5.41, 5.74) is 1.86. The number of rotatable bonds is 5. The van der Waals surface area contributed by atoms with Gasteiger partial charge >= 0.3 is 0 Å². The van der Waals surface area contributed by atoms with Crippen molar-refractivity contribution >= 4 is 17.5 Å². The number of hydrogen-bond acceptors (Lipinski definition) is 4. The summed E-state index contributed by atoms with van der Waals surface area (Å²) in [4.78, 5) is 12.2. The van der Waals surface area contributed by atoms with Crippen molar-refractivity contribution in [1.82, 2.24) is 10.5 Å². The first-order chi connectivity index (χ1) is 10.7. The van der Waals surface area contributed by atoms with Gasteiger partial charge in [-0.15, -0.1) is 0 Å². The van der Waals surface area contributed by atoms with Gasteiger partial charge in [-0.1, -0.05) is 30.1 Å². The van der Waals surface area contributed by atoms with Crippen molar-refractivity contribution in [3.8, 4) is 5.75 Å². The van der Waals surface area contributed by atoms with Crippen molar-refractivity contribution in [2.45, 2.75) is 38.8 Å². The zero-order valence-electron chi connectivity index (χ0n) is 12.3. The number of nitrogens with one attached hydrogen (secondary N) is 1. The highest BCUT2D eigenvalue weighted by Crippen LogP contribution is 2.31. The molecule has 1 aliphatic heterocycles. The molecule has 0 unspecified atom stereocenters. The van der Waals surface area contributed by atoms with Gasteiger partial charge in [0.25, 0.3) is 5.91 Å². The molecule has 3 rings (SSSR count). The summed E-state index contributed by atoms with van der Waals surface area (Å²) < 4.78 is 10.8. The molecule has 2 heterocycles. The van der Waals surface area contributed by atoms with Crippen LogP contribution in [0.1, 0.15) is 30.4 Å². The minimum absolute atomic E-state index is 0.166. The van der Waals surface area contributed by atoms with Crippen LogP contribution in [-0.2, 0) is 24.2 Å². The molecule has 1 aliphatic rings. The standard InChI is InChI=1S/C16H17ClN2O3/c1-2-3-12-8-13(22-19-12)9-18-16(20)15-7-10-6-11(17)4-5-14(10)21-15/h4-6,8,15H,2-3,7,9H2,1H3,(H,18,20)/t15-/m0/s1. The molecule has 22 heavy (non-hydrogen) atoms. The molecular weight excluding hydrogens is 304 g/mol. The molecule has 0 bridgehead atoms. The van der Waals surface area contributed by atoms with Crippen LogP contribution in [0.5, 0.6) is 5.75 Å².